The Labute approximate surface area is 110 Å². The fourth-order valence-corrected chi connectivity index (χ4v) is 3.57. The molecule has 0 aromatic heterocycles. The van der Waals surface area contributed by atoms with E-state index in [2.05, 4.69) is 42.6 Å². The van der Waals surface area contributed by atoms with E-state index in [0.29, 0.717) is 0 Å². The molecule has 1 aromatic rings. The van der Waals surface area contributed by atoms with Gasteiger partial charge in [0.15, 0.2) is 0 Å². The van der Waals surface area contributed by atoms with Crippen molar-refractivity contribution in [3.8, 4) is 0 Å². The molecule has 1 saturated heterocycles. The van der Waals surface area contributed by atoms with E-state index in [0.717, 1.165) is 19.5 Å². The zero-order chi connectivity index (χ0) is 12.5. The first kappa shape index (κ1) is 12.2. The van der Waals surface area contributed by atoms with Gasteiger partial charge in [-0.25, -0.2) is 0 Å². The molecule has 2 fully saturated rings. The highest BCUT2D eigenvalue weighted by molar-refractivity contribution is 5.17. The Bertz CT molecular complexity index is 397. The number of benzene rings is 1. The van der Waals surface area contributed by atoms with E-state index in [4.69, 9.17) is 4.74 Å². The van der Waals surface area contributed by atoms with Crippen LogP contribution in [0.3, 0.4) is 0 Å². The van der Waals surface area contributed by atoms with E-state index < -0.39 is 0 Å². The van der Waals surface area contributed by atoms with Crippen molar-refractivity contribution in [1.29, 1.82) is 0 Å². The maximum atomic E-state index is 6.56. The maximum absolute atomic E-state index is 6.56. The van der Waals surface area contributed by atoms with Crippen LogP contribution in [-0.4, -0.2) is 24.3 Å². The minimum atomic E-state index is -0.0516. The molecular weight excluding hydrogens is 222 g/mol. The predicted molar refractivity (Wildman–Crippen MR) is 73.7 cm³/mol. The van der Waals surface area contributed by atoms with Crippen LogP contribution in [0.1, 0.15) is 38.2 Å². The van der Waals surface area contributed by atoms with Crippen molar-refractivity contribution >= 4 is 0 Å². The van der Waals surface area contributed by atoms with Crippen LogP contribution in [-0.2, 0) is 11.2 Å². The standard InChI is InChI=1S/C16H23NO/c1-15(11-14-7-3-2-4-8-14)12-17-13-16(18-15)9-5-6-10-16/h2-4,7-8,17H,5-6,9-13H2,1H3. The average molecular weight is 245 g/mol. The van der Waals surface area contributed by atoms with E-state index in [9.17, 15) is 0 Å². The van der Waals surface area contributed by atoms with Crippen molar-refractivity contribution in [1.82, 2.24) is 5.32 Å². The molecular formula is C16H23NO. The summed E-state index contributed by atoms with van der Waals surface area (Å²) in [5, 5.41) is 3.60. The van der Waals surface area contributed by atoms with Gasteiger partial charge < -0.3 is 10.1 Å². The lowest BCUT2D eigenvalue weighted by Crippen LogP contribution is -2.59. The third kappa shape index (κ3) is 2.45. The summed E-state index contributed by atoms with van der Waals surface area (Å²) in [7, 11) is 0. The molecule has 3 rings (SSSR count). The van der Waals surface area contributed by atoms with Crippen LogP contribution < -0.4 is 5.32 Å². The lowest BCUT2D eigenvalue weighted by atomic mass is 9.90. The smallest absolute Gasteiger partial charge is 0.0826 e. The Morgan fingerprint density at radius 1 is 1.11 bits per heavy atom. The van der Waals surface area contributed by atoms with Crippen LogP contribution in [0.4, 0.5) is 0 Å². The SMILES string of the molecule is CC1(Cc2ccccc2)CNCC2(CCCC2)O1. The third-order valence-corrected chi connectivity index (χ3v) is 4.34. The van der Waals surface area contributed by atoms with E-state index in [-0.39, 0.29) is 11.2 Å². The van der Waals surface area contributed by atoms with Gasteiger partial charge in [0.2, 0.25) is 0 Å². The van der Waals surface area contributed by atoms with Crippen molar-refractivity contribution < 1.29 is 4.74 Å². The van der Waals surface area contributed by atoms with Gasteiger partial charge in [-0.2, -0.15) is 0 Å². The second kappa shape index (κ2) is 4.67. The van der Waals surface area contributed by atoms with Crippen LogP contribution in [0.25, 0.3) is 0 Å². The topological polar surface area (TPSA) is 21.3 Å². The van der Waals surface area contributed by atoms with Crippen molar-refractivity contribution in [2.24, 2.45) is 0 Å². The minimum Gasteiger partial charge on any atom is -0.366 e. The van der Waals surface area contributed by atoms with E-state index >= 15 is 0 Å². The molecule has 1 aliphatic heterocycles. The zero-order valence-electron chi connectivity index (χ0n) is 11.2. The van der Waals surface area contributed by atoms with Gasteiger partial charge in [-0.15, -0.1) is 0 Å². The van der Waals surface area contributed by atoms with Gasteiger partial charge in [-0.1, -0.05) is 43.2 Å². The van der Waals surface area contributed by atoms with Gasteiger partial charge in [0.05, 0.1) is 11.2 Å². The summed E-state index contributed by atoms with van der Waals surface area (Å²) < 4.78 is 6.56. The van der Waals surface area contributed by atoms with Crippen molar-refractivity contribution in [3.05, 3.63) is 35.9 Å². The first-order valence-corrected chi connectivity index (χ1v) is 7.15. The largest absolute Gasteiger partial charge is 0.366 e. The lowest BCUT2D eigenvalue weighted by molar-refractivity contribution is -0.166. The number of ether oxygens (including phenoxy) is 1. The molecule has 18 heavy (non-hydrogen) atoms. The Balaban J connectivity index is 1.73. The van der Waals surface area contributed by atoms with Crippen molar-refractivity contribution in [3.63, 3.8) is 0 Å². The molecule has 1 heterocycles. The van der Waals surface area contributed by atoms with Gasteiger partial charge in [0.25, 0.3) is 0 Å². The summed E-state index contributed by atoms with van der Waals surface area (Å²) >= 11 is 0. The van der Waals surface area contributed by atoms with Gasteiger partial charge in [-0.3, -0.25) is 0 Å². The number of rotatable bonds is 2. The highest BCUT2D eigenvalue weighted by Crippen LogP contribution is 2.39. The summed E-state index contributed by atoms with van der Waals surface area (Å²) in [6.07, 6.45) is 6.10. The summed E-state index contributed by atoms with van der Waals surface area (Å²) in [6.45, 7) is 4.26. The molecule has 1 spiro atoms. The molecule has 1 N–H and O–H groups in total. The highest BCUT2D eigenvalue weighted by atomic mass is 16.5. The Hall–Kier alpha value is -0.860. The molecule has 2 nitrogen and oxygen atoms in total. The van der Waals surface area contributed by atoms with E-state index in [1.807, 2.05) is 0 Å². The molecule has 2 aliphatic rings. The number of nitrogens with one attached hydrogen (secondary N) is 1. The molecule has 0 bridgehead atoms. The fraction of sp³-hybridized carbons (Fsp3) is 0.625. The molecule has 1 aromatic carbocycles. The maximum Gasteiger partial charge on any atom is 0.0826 e. The molecule has 98 valence electrons. The summed E-state index contributed by atoms with van der Waals surface area (Å²) in [5.41, 5.74) is 1.45. The molecule has 0 radical (unpaired) electrons. The Kier molecular flexibility index (Phi) is 3.16. The number of hydrogen-bond donors (Lipinski definition) is 1. The van der Waals surface area contributed by atoms with Gasteiger partial charge in [-0.05, 0) is 25.3 Å². The van der Waals surface area contributed by atoms with Crippen molar-refractivity contribution in [2.45, 2.75) is 50.2 Å². The Morgan fingerprint density at radius 3 is 2.56 bits per heavy atom. The first-order valence-electron chi connectivity index (χ1n) is 7.15. The van der Waals surface area contributed by atoms with Crippen LogP contribution >= 0.6 is 0 Å². The zero-order valence-corrected chi connectivity index (χ0v) is 11.2. The molecule has 1 unspecified atom stereocenters. The molecule has 1 atom stereocenters. The second-order valence-electron chi connectivity index (χ2n) is 6.21. The third-order valence-electron chi connectivity index (χ3n) is 4.34. The van der Waals surface area contributed by atoms with Crippen LogP contribution in [0.2, 0.25) is 0 Å². The average Bonchev–Trinajstić information content (AvgIpc) is 2.77. The first-order chi connectivity index (χ1) is 8.70. The Morgan fingerprint density at radius 2 is 1.83 bits per heavy atom. The molecule has 0 amide bonds. The molecule has 1 saturated carbocycles. The predicted octanol–water partition coefficient (Wildman–Crippen LogP) is 2.92. The summed E-state index contributed by atoms with van der Waals surface area (Å²) in [5.74, 6) is 0. The van der Waals surface area contributed by atoms with Gasteiger partial charge in [0.1, 0.15) is 0 Å². The van der Waals surface area contributed by atoms with Crippen LogP contribution in [0.15, 0.2) is 30.3 Å². The molecule has 2 heteroatoms. The quantitative estimate of drug-likeness (QED) is 0.865. The lowest BCUT2D eigenvalue weighted by Gasteiger charge is -2.46. The van der Waals surface area contributed by atoms with E-state index in [1.54, 1.807) is 0 Å². The second-order valence-corrected chi connectivity index (χ2v) is 6.21. The van der Waals surface area contributed by atoms with Gasteiger partial charge >= 0.3 is 0 Å². The monoisotopic (exact) mass is 245 g/mol. The van der Waals surface area contributed by atoms with Crippen molar-refractivity contribution in [2.75, 3.05) is 13.1 Å². The fourth-order valence-electron chi connectivity index (χ4n) is 3.57. The number of morpholine rings is 1. The summed E-state index contributed by atoms with van der Waals surface area (Å²) in [6, 6.07) is 10.7. The van der Waals surface area contributed by atoms with Crippen LogP contribution in [0.5, 0.6) is 0 Å². The summed E-state index contributed by atoms with van der Waals surface area (Å²) in [4.78, 5) is 0. The highest BCUT2D eigenvalue weighted by Gasteiger charge is 2.44. The number of hydrogen-bond acceptors (Lipinski definition) is 2. The normalized spacial score (nSPS) is 30.7. The molecule has 1 aliphatic carbocycles. The van der Waals surface area contributed by atoms with Gasteiger partial charge in [0, 0.05) is 19.5 Å². The van der Waals surface area contributed by atoms with E-state index in [1.165, 1.54) is 31.2 Å². The van der Waals surface area contributed by atoms with Crippen LogP contribution in [0, 0.1) is 0 Å². The minimum absolute atomic E-state index is 0.0516.